The van der Waals surface area contributed by atoms with Gasteiger partial charge in [0.05, 0.1) is 0 Å². The smallest absolute Gasteiger partial charge is 0.295 e. The molecule has 0 spiro atoms. The first-order chi connectivity index (χ1) is 11.6. The lowest BCUT2D eigenvalue weighted by Crippen LogP contribution is -2.40. The summed E-state index contributed by atoms with van der Waals surface area (Å²) in [5.74, 6) is 0.0872. The number of hydrogen-bond donors (Lipinski definition) is 2. The van der Waals surface area contributed by atoms with Crippen LogP contribution in [0.15, 0.2) is 22.6 Å². The monoisotopic (exact) mass is 337 g/mol. The first-order valence-corrected chi connectivity index (χ1v) is 7.73. The summed E-state index contributed by atoms with van der Waals surface area (Å²) in [6, 6.07) is 2.51. The van der Waals surface area contributed by atoms with Crippen LogP contribution in [-0.2, 0) is 4.79 Å². The van der Waals surface area contributed by atoms with Gasteiger partial charge in [0.25, 0.3) is 6.43 Å². The SMILES string of the molecule is O=C(/C=C/c1ccc(C(F)F)o1)NC1CCCCC1c1nn[nH]n1. The predicted octanol–water partition coefficient (Wildman–Crippen LogP) is 2.59. The average Bonchev–Trinajstić information content (AvgIpc) is 3.25. The van der Waals surface area contributed by atoms with Crippen LogP contribution in [0.5, 0.6) is 0 Å². The van der Waals surface area contributed by atoms with Gasteiger partial charge in [-0.25, -0.2) is 8.78 Å². The largest absolute Gasteiger partial charge is 0.456 e. The van der Waals surface area contributed by atoms with Crippen molar-refractivity contribution in [2.24, 2.45) is 0 Å². The number of tetrazole rings is 1. The number of aromatic amines is 1. The highest BCUT2D eigenvalue weighted by Crippen LogP contribution is 2.30. The lowest BCUT2D eigenvalue weighted by atomic mass is 9.84. The molecule has 2 heterocycles. The Bertz CT molecular complexity index is 699. The summed E-state index contributed by atoms with van der Waals surface area (Å²) in [4.78, 5) is 12.1. The molecule has 1 aliphatic carbocycles. The highest BCUT2D eigenvalue weighted by Gasteiger charge is 2.30. The molecular weight excluding hydrogens is 320 g/mol. The van der Waals surface area contributed by atoms with E-state index in [9.17, 15) is 13.6 Å². The van der Waals surface area contributed by atoms with Crippen LogP contribution in [-0.4, -0.2) is 32.6 Å². The van der Waals surface area contributed by atoms with Gasteiger partial charge in [-0.05, 0) is 31.1 Å². The summed E-state index contributed by atoms with van der Waals surface area (Å²) in [5.41, 5.74) is 0. The van der Waals surface area contributed by atoms with Crippen LogP contribution >= 0.6 is 0 Å². The van der Waals surface area contributed by atoms with E-state index in [2.05, 4.69) is 25.9 Å². The molecule has 2 unspecified atom stereocenters. The van der Waals surface area contributed by atoms with Gasteiger partial charge < -0.3 is 9.73 Å². The van der Waals surface area contributed by atoms with Crippen molar-refractivity contribution in [1.82, 2.24) is 25.9 Å². The maximum atomic E-state index is 12.4. The maximum Gasteiger partial charge on any atom is 0.295 e. The Morgan fingerprint density at radius 1 is 1.38 bits per heavy atom. The van der Waals surface area contributed by atoms with E-state index in [1.165, 1.54) is 24.3 Å². The van der Waals surface area contributed by atoms with E-state index in [0.717, 1.165) is 25.7 Å². The quantitative estimate of drug-likeness (QED) is 0.818. The molecule has 2 N–H and O–H groups in total. The number of hydrogen-bond acceptors (Lipinski definition) is 5. The fourth-order valence-corrected chi connectivity index (χ4v) is 2.90. The Labute approximate surface area is 136 Å². The molecule has 9 heteroatoms. The van der Waals surface area contributed by atoms with Crippen molar-refractivity contribution in [3.05, 3.63) is 35.6 Å². The molecule has 0 radical (unpaired) electrons. The molecule has 1 amide bonds. The molecule has 24 heavy (non-hydrogen) atoms. The van der Waals surface area contributed by atoms with Crippen molar-refractivity contribution in [1.29, 1.82) is 0 Å². The molecule has 0 aliphatic heterocycles. The summed E-state index contributed by atoms with van der Waals surface area (Å²) in [6.45, 7) is 0. The molecule has 0 saturated heterocycles. The van der Waals surface area contributed by atoms with Crippen LogP contribution in [0, 0.1) is 0 Å². The first kappa shape index (κ1) is 16.3. The topological polar surface area (TPSA) is 96.7 Å². The Balaban J connectivity index is 1.61. The maximum absolute atomic E-state index is 12.4. The molecule has 2 aromatic rings. The summed E-state index contributed by atoms with van der Waals surface area (Å²) in [5, 5.41) is 16.9. The molecule has 1 fully saturated rings. The number of rotatable bonds is 5. The van der Waals surface area contributed by atoms with Gasteiger partial charge >= 0.3 is 0 Å². The molecule has 2 atom stereocenters. The number of alkyl halides is 2. The van der Waals surface area contributed by atoms with Crippen LogP contribution in [0.25, 0.3) is 6.08 Å². The summed E-state index contributed by atoms with van der Waals surface area (Å²) < 4.78 is 29.8. The minimum atomic E-state index is -2.67. The van der Waals surface area contributed by atoms with Gasteiger partial charge in [0, 0.05) is 18.0 Å². The van der Waals surface area contributed by atoms with Gasteiger partial charge in [-0.3, -0.25) is 4.79 Å². The summed E-state index contributed by atoms with van der Waals surface area (Å²) in [7, 11) is 0. The fraction of sp³-hybridized carbons (Fsp3) is 0.467. The highest BCUT2D eigenvalue weighted by molar-refractivity contribution is 5.91. The van der Waals surface area contributed by atoms with Gasteiger partial charge in [0.1, 0.15) is 5.76 Å². The standard InChI is InChI=1S/C15H17F2N5O2/c16-14(17)12-7-5-9(24-12)6-8-13(23)18-11-4-2-1-3-10(11)15-19-21-22-20-15/h5-8,10-11,14H,1-4H2,(H,18,23)(H,19,20,21,22)/b8-6+. The van der Waals surface area contributed by atoms with Crippen molar-refractivity contribution >= 4 is 12.0 Å². The predicted molar refractivity (Wildman–Crippen MR) is 80.0 cm³/mol. The molecule has 0 aromatic carbocycles. The van der Waals surface area contributed by atoms with E-state index in [-0.39, 0.29) is 23.6 Å². The van der Waals surface area contributed by atoms with Gasteiger partial charge in [0.15, 0.2) is 11.6 Å². The lowest BCUT2D eigenvalue weighted by Gasteiger charge is -2.29. The van der Waals surface area contributed by atoms with Crippen molar-refractivity contribution in [2.45, 2.75) is 44.1 Å². The minimum Gasteiger partial charge on any atom is -0.456 e. The minimum absolute atomic E-state index is 0.0175. The van der Waals surface area contributed by atoms with E-state index in [1.807, 2.05) is 0 Å². The fourth-order valence-electron chi connectivity index (χ4n) is 2.90. The van der Waals surface area contributed by atoms with Gasteiger partial charge in [-0.15, -0.1) is 10.2 Å². The average molecular weight is 337 g/mol. The summed E-state index contributed by atoms with van der Waals surface area (Å²) >= 11 is 0. The third-order valence-electron chi connectivity index (χ3n) is 4.05. The number of halogens is 2. The number of carbonyl (C=O) groups is 1. The first-order valence-electron chi connectivity index (χ1n) is 7.73. The lowest BCUT2D eigenvalue weighted by molar-refractivity contribution is -0.117. The molecule has 7 nitrogen and oxygen atoms in total. The Hall–Kier alpha value is -2.58. The molecule has 1 saturated carbocycles. The number of nitrogens with zero attached hydrogens (tertiary/aromatic N) is 3. The Kier molecular flexibility index (Phi) is 4.97. The Morgan fingerprint density at radius 2 is 2.21 bits per heavy atom. The molecule has 128 valence electrons. The zero-order chi connectivity index (χ0) is 16.9. The number of amides is 1. The van der Waals surface area contributed by atoms with Crippen molar-refractivity contribution in [2.75, 3.05) is 0 Å². The van der Waals surface area contributed by atoms with Crippen LogP contribution in [0.2, 0.25) is 0 Å². The number of nitrogens with one attached hydrogen (secondary N) is 2. The van der Waals surface area contributed by atoms with Crippen LogP contribution < -0.4 is 5.32 Å². The third-order valence-corrected chi connectivity index (χ3v) is 4.05. The van der Waals surface area contributed by atoms with Crippen LogP contribution in [0.4, 0.5) is 8.78 Å². The van der Waals surface area contributed by atoms with E-state index >= 15 is 0 Å². The highest BCUT2D eigenvalue weighted by atomic mass is 19.3. The number of carbonyl (C=O) groups excluding carboxylic acids is 1. The van der Waals surface area contributed by atoms with Gasteiger partial charge in [-0.2, -0.15) is 5.21 Å². The van der Waals surface area contributed by atoms with E-state index in [4.69, 9.17) is 4.42 Å². The van der Waals surface area contributed by atoms with Crippen molar-refractivity contribution in [3.8, 4) is 0 Å². The summed E-state index contributed by atoms with van der Waals surface area (Å²) in [6.07, 6.45) is 3.74. The van der Waals surface area contributed by atoms with Crippen molar-refractivity contribution in [3.63, 3.8) is 0 Å². The van der Waals surface area contributed by atoms with Crippen LogP contribution in [0.1, 0.15) is 55.4 Å². The molecule has 0 bridgehead atoms. The van der Waals surface area contributed by atoms with E-state index in [1.54, 1.807) is 0 Å². The number of H-pyrrole nitrogens is 1. The zero-order valence-corrected chi connectivity index (χ0v) is 12.8. The van der Waals surface area contributed by atoms with E-state index in [0.29, 0.717) is 5.82 Å². The van der Waals surface area contributed by atoms with Gasteiger partial charge in [-0.1, -0.05) is 18.1 Å². The van der Waals surface area contributed by atoms with Gasteiger partial charge in [0.2, 0.25) is 5.91 Å². The Morgan fingerprint density at radius 3 is 2.92 bits per heavy atom. The molecular formula is C15H17F2N5O2. The third kappa shape index (κ3) is 3.84. The second-order valence-corrected chi connectivity index (χ2v) is 5.65. The normalized spacial score (nSPS) is 21.5. The molecule has 2 aromatic heterocycles. The second kappa shape index (κ2) is 7.33. The van der Waals surface area contributed by atoms with Crippen LogP contribution in [0.3, 0.4) is 0 Å². The number of furan rings is 1. The zero-order valence-electron chi connectivity index (χ0n) is 12.8. The van der Waals surface area contributed by atoms with E-state index < -0.39 is 12.2 Å². The molecule has 1 aliphatic rings. The molecule has 3 rings (SSSR count). The number of aromatic nitrogens is 4. The van der Waals surface area contributed by atoms with Crippen molar-refractivity contribution < 1.29 is 18.0 Å². The second-order valence-electron chi connectivity index (χ2n) is 5.65.